The maximum absolute atomic E-state index is 12.5. The Hall–Kier alpha value is -1.58. The number of rotatable bonds is 8. The number of methoxy groups -OCH3 is 1. The molecule has 0 bridgehead atoms. The lowest BCUT2D eigenvalue weighted by Gasteiger charge is -2.16. The highest BCUT2D eigenvalue weighted by Gasteiger charge is 2.27. The maximum atomic E-state index is 12.5. The van der Waals surface area contributed by atoms with Crippen LogP contribution in [0.25, 0.3) is 0 Å². The Bertz CT molecular complexity index is 715. The number of carbonyl (C=O) groups excluding carboxylic acids is 2. The second-order valence-corrected chi connectivity index (χ2v) is 8.61. The molecule has 0 spiro atoms. The van der Waals surface area contributed by atoms with Gasteiger partial charge in [-0.2, -0.15) is 16.1 Å². The van der Waals surface area contributed by atoms with Crippen LogP contribution in [0.4, 0.5) is 5.69 Å². The van der Waals surface area contributed by atoms with E-state index in [0.29, 0.717) is 24.5 Å². The first-order valence-electron chi connectivity index (χ1n) is 7.98. The van der Waals surface area contributed by atoms with Crippen molar-refractivity contribution in [2.75, 3.05) is 37.0 Å². The minimum atomic E-state index is -3.50. The van der Waals surface area contributed by atoms with Crippen LogP contribution in [0, 0.1) is 0 Å². The van der Waals surface area contributed by atoms with Gasteiger partial charge in [0.05, 0.1) is 24.2 Å². The van der Waals surface area contributed by atoms with Crippen molar-refractivity contribution in [2.45, 2.75) is 24.2 Å². The van der Waals surface area contributed by atoms with E-state index in [2.05, 4.69) is 10.1 Å². The third kappa shape index (κ3) is 5.72. The van der Waals surface area contributed by atoms with Gasteiger partial charge >= 0.3 is 5.97 Å². The highest BCUT2D eigenvalue weighted by Crippen LogP contribution is 2.23. The summed E-state index contributed by atoms with van der Waals surface area (Å²) < 4.78 is 31.1. The summed E-state index contributed by atoms with van der Waals surface area (Å²) in [6.45, 7) is 1.07. The molecule has 1 saturated heterocycles. The predicted octanol–water partition coefficient (Wildman–Crippen LogP) is 1.71. The van der Waals surface area contributed by atoms with Crippen molar-refractivity contribution < 1.29 is 22.7 Å². The molecule has 1 amide bonds. The number of thioether (sulfide) groups is 1. The summed E-state index contributed by atoms with van der Waals surface area (Å²) in [5.74, 6) is 0.113. The van der Waals surface area contributed by atoms with Gasteiger partial charge in [0.1, 0.15) is 0 Å². The van der Waals surface area contributed by atoms with Crippen LogP contribution in [0.5, 0.6) is 0 Å². The molecule has 1 aliphatic rings. The van der Waals surface area contributed by atoms with Crippen LogP contribution in [0.1, 0.15) is 19.3 Å². The van der Waals surface area contributed by atoms with Crippen molar-refractivity contribution in [1.29, 1.82) is 0 Å². The predicted molar refractivity (Wildman–Crippen MR) is 97.0 cm³/mol. The van der Waals surface area contributed by atoms with Gasteiger partial charge < -0.3 is 10.1 Å². The molecule has 1 aliphatic heterocycles. The second-order valence-electron chi connectivity index (χ2n) is 5.57. The zero-order valence-electron chi connectivity index (χ0n) is 14.1. The summed E-state index contributed by atoms with van der Waals surface area (Å²) in [6.07, 6.45) is 1.99. The van der Waals surface area contributed by atoms with E-state index in [0.717, 1.165) is 12.8 Å². The Balaban J connectivity index is 1.90. The minimum absolute atomic E-state index is 0.181. The molecule has 0 aromatic heterocycles. The lowest BCUT2D eigenvalue weighted by Crippen LogP contribution is -2.28. The van der Waals surface area contributed by atoms with Crippen LogP contribution in [-0.2, 0) is 24.3 Å². The van der Waals surface area contributed by atoms with E-state index in [9.17, 15) is 18.0 Å². The monoisotopic (exact) mass is 386 g/mol. The van der Waals surface area contributed by atoms with Crippen molar-refractivity contribution in [3.05, 3.63) is 24.3 Å². The molecule has 138 valence electrons. The van der Waals surface area contributed by atoms with E-state index in [-0.39, 0.29) is 28.9 Å². The summed E-state index contributed by atoms with van der Waals surface area (Å²) in [5, 5.41) is 2.69. The number of nitrogens with zero attached hydrogens (tertiary/aromatic N) is 1. The zero-order valence-corrected chi connectivity index (χ0v) is 15.7. The summed E-state index contributed by atoms with van der Waals surface area (Å²) in [7, 11) is -2.18. The Labute approximate surface area is 152 Å². The van der Waals surface area contributed by atoms with E-state index in [1.165, 1.54) is 35.3 Å². The summed E-state index contributed by atoms with van der Waals surface area (Å²) in [6, 6.07) is 6.28. The molecule has 1 fully saturated rings. The quantitative estimate of drug-likeness (QED) is 0.540. The van der Waals surface area contributed by atoms with Crippen molar-refractivity contribution in [2.24, 2.45) is 0 Å². The highest BCUT2D eigenvalue weighted by atomic mass is 32.2. The molecular weight excluding hydrogens is 364 g/mol. The third-order valence-electron chi connectivity index (χ3n) is 3.73. The summed E-state index contributed by atoms with van der Waals surface area (Å²) in [5.41, 5.74) is 0.443. The van der Waals surface area contributed by atoms with Crippen LogP contribution < -0.4 is 5.32 Å². The van der Waals surface area contributed by atoms with Crippen LogP contribution in [0.2, 0.25) is 0 Å². The highest BCUT2D eigenvalue weighted by molar-refractivity contribution is 7.99. The van der Waals surface area contributed by atoms with Crippen molar-refractivity contribution in [1.82, 2.24) is 4.31 Å². The van der Waals surface area contributed by atoms with Gasteiger partial charge in [-0.25, -0.2) is 8.42 Å². The molecule has 0 saturated carbocycles. The van der Waals surface area contributed by atoms with Crippen molar-refractivity contribution >= 4 is 39.3 Å². The number of anilines is 1. The number of hydrogen-bond donors (Lipinski definition) is 1. The van der Waals surface area contributed by atoms with Gasteiger partial charge in [-0.3, -0.25) is 9.59 Å². The van der Waals surface area contributed by atoms with Gasteiger partial charge in [0.15, 0.2) is 0 Å². The first kappa shape index (κ1) is 19.7. The number of esters is 1. The first-order valence-corrected chi connectivity index (χ1v) is 10.6. The van der Waals surface area contributed by atoms with Crippen molar-refractivity contribution in [3.8, 4) is 0 Å². The maximum Gasteiger partial charge on any atom is 0.306 e. The number of ether oxygens (including phenoxy) is 1. The Morgan fingerprint density at radius 3 is 2.68 bits per heavy atom. The Morgan fingerprint density at radius 1 is 1.28 bits per heavy atom. The Morgan fingerprint density at radius 2 is 2.00 bits per heavy atom. The van der Waals surface area contributed by atoms with Gasteiger partial charge in [0, 0.05) is 24.5 Å². The largest absolute Gasteiger partial charge is 0.469 e. The molecule has 0 radical (unpaired) electrons. The third-order valence-corrected chi connectivity index (χ3v) is 6.59. The molecule has 0 atom stereocenters. The second kappa shape index (κ2) is 9.21. The summed E-state index contributed by atoms with van der Waals surface area (Å²) in [4.78, 5) is 23.1. The average Bonchev–Trinajstić information content (AvgIpc) is 3.14. The average molecular weight is 386 g/mol. The molecule has 1 aromatic rings. The molecule has 25 heavy (non-hydrogen) atoms. The van der Waals surface area contributed by atoms with Crippen molar-refractivity contribution in [3.63, 3.8) is 0 Å². The topological polar surface area (TPSA) is 92.8 Å². The lowest BCUT2D eigenvalue weighted by atomic mass is 10.3. The standard InChI is InChI=1S/C16H22N2O5S2/c1-23-16(20)7-10-24-12-15(19)17-13-5-4-6-14(11-13)25(21,22)18-8-2-3-9-18/h4-6,11H,2-3,7-10,12H2,1H3,(H,17,19). The number of amides is 1. The normalized spacial score (nSPS) is 15.1. The molecule has 2 rings (SSSR count). The molecular formula is C16H22N2O5S2. The van der Waals surface area contributed by atoms with Gasteiger partial charge in [-0.15, -0.1) is 0 Å². The fraction of sp³-hybridized carbons (Fsp3) is 0.500. The fourth-order valence-corrected chi connectivity index (χ4v) is 4.71. The van der Waals surface area contributed by atoms with Gasteiger partial charge in [-0.05, 0) is 31.0 Å². The summed E-state index contributed by atoms with van der Waals surface area (Å²) >= 11 is 1.32. The van der Waals surface area contributed by atoms with E-state index in [4.69, 9.17) is 0 Å². The molecule has 1 aromatic carbocycles. The van der Waals surface area contributed by atoms with E-state index in [1.54, 1.807) is 12.1 Å². The van der Waals surface area contributed by atoms with Gasteiger partial charge in [0.2, 0.25) is 15.9 Å². The SMILES string of the molecule is COC(=O)CCSCC(=O)Nc1cccc(S(=O)(=O)N2CCCC2)c1. The van der Waals surface area contributed by atoms with Crippen LogP contribution >= 0.6 is 11.8 Å². The van der Waals surface area contributed by atoms with Gasteiger partial charge in [0.25, 0.3) is 0 Å². The number of nitrogens with one attached hydrogen (secondary N) is 1. The smallest absolute Gasteiger partial charge is 0.306 e. The minimum Gasteiger partial charge on any atom is -0.469 e. The molecule has 0 aliphatic carbocycles. The molecule has 0 unspecified atom stereocenters. The zero-order chi connectivity index (χ0) is 18.3. The van der Waals surface area contributed by atoms with Crippen LogP contribution in [-0.4, -0.2) is 56.3 Å². The number of sulfonamides is 1. The molecule has 7 nitrogen and oxygen atoms in total. The van der Waals surface area contributed by atoms with Crippen LogP contribution in [0.3, 0.4) is 0 Å². The van der Waals surface area contributed by atoms with E-state index >= 15 is 0 Å². The van der Waals surface area contributed by atoms with Gasteiger partial charge in [-0.1, -0.05) is 6.07 Å². The molecule has 1 heterocycles. The number of hydrogen-bond acceptors (Lipinski definition) is 6. The number of benzene rings is 1. The lowest BCUT2D eigenvalue weighted by molar-refractivity contribution is -0.140. The van der Waals surface area contributed by atoms with E-state index < -0.39 is 10.0 Å². The first-order chi connectivity index (χ1) is 11.9. The fourth-order valence-electron chi connectivity index (χ4n) is 2.43. The molecule has 9 heteroatoms. The van der Waals surface area contributed by atoms with Crippen LogP contribution in [0.15, 0.2) is 29.2 Å². The van der Waals surface area contributed by atoms with E-state index in [1.807, 2.05) is 0 Å². The number of carbonyl (C=O) groups is 2. The molecule has 1 N–H and O–H groups in total. The Kier molecular flexibility index (Phi) is 7.27.